The lowest BCUT2D eigenvalue weighted by molar-refractivity contribution is -0.255. The Morgan fingerprint density at radius 1 is 1.09 bits per heavy atom. The molecule has 1 aliphatic heterocycles. The number of rotatable bonds is 22. The largest absolute Gasteiger partial charge is 0.496 e. The zero-order valence-electron chi connectivity index (χ0n) is 32.8. The molecule has 0 bridgehead atoms. The first-order chi connectivity index (χ1) is 27.3. The van der Waals surface area contributed by atoms with Crippen LogP contribution in [-0.4, -0.2) is 97.6 Å². The molecule has 6 unspecified atom stereocenters. The summed E-state index contributed by atoms with van der Waals surface area (Å²) in [4.78, 5) is 33.3. The topological polar surface area (TPSA) is 146 Å². The minimum Gasteiger partial charge on any atom is -0.496 e. The molecule has 2 aromatic rings. The average molecular weight is 797 g/mol. The number of aliphatic hydroxyl groups is 2. The van der Waals surface area contributed by atoms with Crippen LogP contribution in [0.5, 0.6) is 23.0 Å². The SMILES string of the molecule is C=CCOC12Oc3ccc(Oc4ccc(OC)c(C=O)c4)cc3C3C(CCCCO)C(CCCCO)C=C(C(=NOCC)CC1N(CCC)C(=O)OCCCl)C32. The van der Waals surface area contributed by atoms with Gasteiger partial charge in [0.2, 0.25) is 5.79 Å². The Hall–Kier alpha value is -4.10. The molecule has 1 saturated carbocycles. The number of alkyl halides is 1. The van der Waals surface area contributed by atoms with E-state index in [2.05, 4.69) is 12.7 Å². The lowest BCUT2D eigenvalue weighted by Gasteiger charge is -2.59. The molecule has 6 atom stereocenters. The van der Waals surface area contributed by atoms with Crippen LogP contribution in [0.3, 0.4) is 0 Å². The van der Waals surface area contributed by atoms with E-state index in [1.807, 2.05) is 32.0 Å². The summed E-state index contributed by atoms with van der Waals surface area (Å²) < 4.78 is 31.6. The molecule has 3 aliphatic rings. The van der Waals surface area contributed by atoms with E-state index >= 15 is 0 Å². The zero-order valence-corrected chi connectivity index (χ0v) is 33.6. The molecule has 2 N–H and O–H groups in total. The second kappa shape index (κ2) is 20.9. The van der Waals surface area contributed by atoms with E-state index in [0.29, 0.717) is 66.7 Å². The summed E-state index contributed by atoms with van der Waals surface area (Å²) >= 11 is 5.98. The number of aldehydes is 1. The van der Waals surface area contributed by atoms with Gasteiger partial charge in [0.25, 0.3) is 0 Å². The number of allylic oxidation sites excluding steroid dienone is 1. The van der Waals surface area contributed by atoms with Crippen molar-refractivity contribution in [1.29, 1.82) is 0 Å². The lowest BCUT2D eigenvalue weighted by atomic mass is 9.55. The Morgan fingerprint density at radius 3 is 2.52 bits per heavy atom. The average Bonchev–Trinajstić information content (AvgIpc) is 3.21. The van der Waals surface area contributed by atoms with Crippen molar-refractivity contribution in [2.24, 2.45) is 22.9 Å². The van der Waals surface area contributed by atoms with Crippen LogP contribution < -0.4 is 14.2 Å². The number of carbonyl (C=O) groups is 2. The van der Waals surface area contributed by atoms with Gasteiger partial charge < -0.3 is 38.7 Å². The first kappa shape index (κ1) is 43.0. The number of methoxy groups -OCH3 is 1. The molecular weight excluding hydrogens is 740 g/mol. The van der Waals surface area contributed by atoms with Gasteiger partial charge in [-0.2, -0.15) is 0 Å². The maximum absolute atomic E-state index is 14.0. The van der Waals surface area contributed by atoms with Crippen LogP contribution in [0.15, 0.2) is 65.9 Å². The molecule has 1 fully saturated rings. The highest BCUT2D eigenvalue weighted by Crippen LogP contribution is 2.62. The maximum atomic E-state index is 14.0. The normalized spacial score (nSPS) is 24.2. The number of hydrogen-bond donors (Lipinski definition) is 2. The first-order valence-electron chi connectivity index (χ1n) is 19.8. The van der Waals surface area contributed by atoms with E-state index in [4.69, 9.17) is 45.3 Å². The molecule has 56 heavy (non-hydrogen) atoms. The maximum Gasteiger partial charge on any atom is 0.410 e. The van der Waals surface area contributed by atoms with Crippen LogP contribution >= 0.6 is 11.6 Å². The second-order valence-electron chi connectivity index (χ2n) is 14.3. The number of fused-ring (bicyclic) bond motifs is 2. The number of oxime groups is 1. The summed E-state index contributed by atoms with van der Waals surface area (Å²) in [6, 6.07) is 10.1. The van der Waals surface area contributed by atoms with Crippen LogP contribution in [0.25, 0.3) is 0 Å². The number of aliphatic hydroxyl groups excluding tert-OH is 2. The summed E-state index contributed by atoms with van der Waals surface area (Å²) in [5, 5.41) is 24.4. The molecule has 1 amide bonds. The number of halogens is 1. The molecule has 0 radical (unpaired) electrons. The first-order valence-corrected chi connectivity index (χ1v) is 20.4. The molecule has 306 valence electrons. The Morgan fingerprint density at radius 2 is 1.84 bits per heavy atom. The van der Waals surface area contributed by atoms with Crippen molar-refractivity contribution in [3.05, 3.63) is 71.8 Å². The summed E-state index contributed by atoms with van der Waals surface area (Å²) in [6.07, 6.45) is 9.63. The van der Waals surface area contributed by atoms with Crippen LogP contribution in [0.2, 0.25) is 0 Å². The van der Waals surface area contributed by atoms with E-state index in [9.17, 15) is 19.8 Å². The molecule has 13 heteroatoms. The third-order valence-electron chi connectivity index (χ3n) is 10.9. The minimum atomic E-state index is -1.40. The number of amides is 1. The van der Waals surface area contributed by atoms with Crippen molar-refractivity contribution in [2.75, 3.05) is 52.6 Å². The Kier molecular flexibility index (Phi) is 16.0. The molecule has 0 spiro atoms. The standard InChI is InChI=1S/C43H57ClN2O10/c1-5-19-46(42(50)52-23-18-44)39-27-36(45-54-7-3)34-25-29(12-8-10-20-47)33(13-9-11-21-48)40-35-26-32(55-31-14-16-37(51-4)30(24-31)28-49)15-17-38(35)56-43(39,41(34)40)53-22-6-2/h6,14-17,24-26,28-29,33,39-41,47-48H,2,5,7-13,18-23,27H2,1,3-4H3. The van der Waals surface area contributed by atoms with Crippen LogP contribution in [0, 0.1) is 17.8 Å². The molecule has 0 saturated heterocycles. The third-order valence-corrected chi connectivity index (χ3v) is 11.0. The van der Waals surface area contributed by atoms with Crippen molar-refractivity contribution in [3.8, 4) is 23.0 Å². The molecule has 1 heterocycles. The number of nitrogens with zero attached hydrogens (tertiary/aromatic N) is 2. The number of ether oxygens (including phenoxy) is 5. The van der Waals surface area contributed by atoms with Crippen molar-refractivity contribution in [3.63, 3.8) is 0 Å². The van der Waals surface area contributed by atoms with Gasteiger partial charge in [-0.25, -0.2) is 4.79 Å². The van der Waals surface area contributed by atoms with E-state index < -0.39 is 23.8 Å². The molecule has 12 nitrogen and oxygen atoms in total. The molecule has 5 rings (SSSR count). The lowest BCUT2D eigenvalue weighted by Crippen LogP contribution is -2.70. The van der Waals surface area contributed by atoms with Gasteiger partial charge in [0.05, 0.1) is 36.8 Å². The van der Waals surface area contributed by atoms with Gasteiger partial charge in [-0.1, -0.05) is 37.1 Å². The molecule has 2 aliphatic carbocycles. The van der Waals surface area contributed by atoms with Crippen LogP contribution in [-0.2, 0) is 14.3 Å². The monoisotopic (exact) mass is 796 g/mol. The van der Waals surface area contributed by atoms with Crippen molar-refractivity contribution >= 4 is 29.7 Å². The fourth-order valence-electron chi connectivity index (χ4n) is 8.68. The zero-order chi connectivity index (χ0) is 40.1. The summed E-state index contributed by atoms with van der Waals surface area (Å²) in [5.74, 6) is 0.203. The van der Waals surface area contributed by atoms with Gasteiger partial charge >= 0.3 is 6.09 Å². The quantitative estimate of drug-likeness (QED) is 0.0395. The Labute approximate surface area is 335 Å². The van der Waals surface area contributed by atoms with Crippen molar-refractivity contribution in [2.45, 2.75) is 83.0 Å². The molecule has 2 aromatic carbocycles. The Bertz CT molecular complexity index is 1700. The van der Waals surface area contributed by atoms with Gasteiger partial charge in [-0.05, 0) is 92.8 Å². The predicted molar refractivity (Wildman–Crippen MR) is 214 cm³/mol. The van der Waals surface area contributed by atoms with Gasteiger partial charge in [0.15, 0.2) is 6.29 Å². The molecular formula is C43H57ClN2O10. The minimum absolute atomic E-state index is 0.0381. The summed E-state index contributed by atoms with van der Waals surface area (Å²) in [6.45, 7) is 8.94. The van der Waals surface area contributed by atoms with Gasteiger partial charge in [-0.3, -0.25) is 9.69 Å². The van der Waals surface area contributed by atoms with Crippen molar-refractivity contribution < 1.29 is 48.3 Å². The second-order valence-corrected chi connectivity index (χ2v) is 14.7. The number of carbonyl (C=O) groups excluding carboxylic acids is 2. The Balaban J connectivity index is 1.76. The predicted octanol–water partition coefficient (Wildman–Crippen LogP) is 8.04. The smallest absolute Gasteiger partial charge is 0.410 e. The van der Waals surface area contributed by atoms with Crippen LogP contribution in [0.4, 0.5) is 4.79 Å². The summed E-state index contributed by atoms with van der Waals surface area (Å²) in [5.41, 5.74) is 2.91. The number of hydrogen-bond acceptors (Lipinski definition) is 11. The highest BCUT2D eigenvalue weighted by molar-refractivity contribution is 6.18. The fraction of sp³-hybridized carbons (Fsp3) is 0.558. The highest BCUT2D eigenvalue weighted by atomic mass is 35.5. The van der Waals surface area contributed by atoms with Gasteiger partial charge in [-0.15, -0.1) is 18.2 Å². The van der Waals surface area contributed by atoms with Gasteiger partial charge in [0.1, 0.15) is 42.3 Å². The van der Waals surface area contributed by atoms with E-state index in [1.54, 1.807) is 29.2 Å². The van der Waals surface area contributed by atoms with E-state index in [-0.39, 0.29) is 56.5 Å². The number of benzene rings is 2. The van der Waals surface area contributed by atoms with E-state index in [0.717, 1.165) is 43.1 Å². The highest BCUT2D eigenvalue weighted by Gasteiger charge is 2.65. The third kappa shape index (κ3) is 9.36. The van der Waals surface area contributed by atoms with E-state index in [1.165, 1.54) is 7.11 Å². The molecule has 0 aromatic heterocycles. The van der Waals surface area contributed by atoms with Crippen LogP contribution in [0.1, 0.15) is 87.1 Å². The summed E-state index contributed by atoms with van der Waals surface area (Å²) in [7, 11) is 1.51. The fourth-order valence-corrected chi connectivity index (χ4v) is 8.76. The van der Waals surface area contributed by atoms with Gasteiger partial charge in [0, 0.05) is 37.7 Å². The van der Waals surface area contributed by atoms with Crippen molar-refractivity contribution in [1.82, 2.24) is 4.90 Å². The number of unbranched alkanes of at least 4 members (excludes halogenated alkanes) is 2.